The maximum atomic E-state index is 5.44. The Kier molecular flexibility index (Phi) is 8.25. The normalized spacial score (nSPS) is 13.1. The van der Waals surface area contributed by atoms with Gasteiger partial charge in [-0.2, -0.15) is 0 Å². The van der Waals surface area contributed by atoms with E-state index in [0.717, 1.165) is 19.6 Å². The summed E-state index contributed by atoms with van der Waals surface area (Å²) < 4.78 is 10.4. The molecule has 1 heterocycles. The Bertz CT molecular complexity index is 288. The molecule has 0 aliphatic rings. The fourth-order valence-corrected chi connectivity index (χ4v) is 2.78. The summed E-state index contributed by atoms with van der Waals surface area (Å²) in [6, 6.07) is 4.78. The molecule has 0 bridgehead atoms. The van der Waals surface area contributed by atoms with Crippen LogP contribution in [-0.4, -0.2) is 33.5 Å². The molecular formula is C14H25NO2S. The van der Waals surface area contributed by atoms with Crippen molar-refractivity contribution in [3.05, 3.63) is 22.4 Å². The Labute approximate surface area is 114 Å². The second-order valence-electron chi connectivity index (χ2n) is 4.65. The van der Waals surface area contributed by atoms with Crippen LogP contribution in [0.5, 0.6) is 0 Å². The van der Waals surface area contributed by atoms with Crippen LogP contribution in [0.1, 0.15) is 31.2 Å². The molecule has 1 atom stereocenters. The Morgan fingerprint density at radius 2 is 2.11 bits per heavy atom. The lowest BCUT2D eigenvalue weighted by atomic mass is 10.0. The molecule has 0 saturated carbocycles. The molecule has 1 aromatic heterocycles. The summed E-state index contributed by atoms with van der Waals surface area (Å²) in [6.45, 7) is 7.67. The van der Waals surface area contributed by atoms with Crippen molar-refractivity contribution < 1.29 is 9.47 Å². The predicted molar refractivity (Wildman–Crippen MR) is 77.2 cm³/mol. The number of thiophene rings is 1. The molecule has 1 unspecified atom stereocenters. The first-order chi connectivity index (χ1) is 8.75. The molecule has 0 aliphatic heterocycles. The van der Waals surface area contributed by atoms with Crippen molar-refractivity contribution in [2.45, 2.75) is 26.3 Å². The molecule has 1 aromatic rings. The molecule has 104 valence electrons. The highest BCUT2D eigenvalue weighted by Crippen LogP contribution is 2.25. The van der Waals surface area contributed by atoms with Gasteiger partial charge in [-0.25, -0.2) is 0 Å². The summed E-state index contributed by atoms with van der Waals surface area (Å²) in [5.41, 5.74) is 0. The van der Waals surface area contributed by atoms with Gasteiger partial charge in [-0.05, 0) is 30.3 Å². The Hall–Kier alpha value is -0.420. The summed E-state index contributed by atoms with van der Waals surface area (Å²) in [4.78, 5) is 1.42. The Morgan fingerprint density at radius 3 is 2.72 bits per heavy atom. The van der Waals surface area contributed by atoms with E-state index < -0.39 is 0 Å². The lowest BCUT2D eigenvalue weighted by Gasteiger charge is -2.21. The van der Waals surface area contributed by atoms with Gasteiger partial charge < -0.3 is 14.8 Å². The molecule has 18 heavy (non-hydrogen) atoms. The number of hydrogen-bond acceptors (Lipinski definition) is 4. The minimum absolute atomic E-state index is 0.462. The second-order valence-corrected chi connectivity index (χ2v) is 5.63. The summed E-state index contributed by atoms with van der Waals surface area (Å²) in [5, 5.41) is 5.75. The van der Waals surface area contributed by atoms with Gasteiger partial charge in [0.15, 0.2) is 0 Å². The van der Waals surface area contributed by atoms with Crippen LogP contribution < -0.4 is 5.32 Å². The van der Waals surface area contributed by atoms with Gasteiger partial charge in [0, 0.05) is 24.6 Å². The minimum atomic E-state index is 0.462. The maximum absolute atomic E-state index is 5.44. The summed E-state index contributed by atoms with van der Waals surface area (Å²) >= 11 is 1.82. The molecule has 0 aromatic carbocycles. The molecule has 0 amide bonds. The minimum Gasteiger partial charge on any atom is -0.382 e. The average Bonchev–Trinajstić information content (AvgIpc) is 2.85. The van der Waals surface area contributed by atoms with Crippen LogP contribution in [0.3, 0.4) is 0 Å². The first-order valence-electron chi connectivity index (χ1n) is 6.59. The predicted octanol–water partition coefficient (Wildman–Crippen LogP) is 3.09. The lowest BCUT2D eigenvalue weighted by molar-refractivity contribution is 0.0691. The number of methoxy groups -OCH3 is 1. The first kappa shape index (κ1) is 15.6. The molecule has 0 fully saturated rings. The van der Waals surface area contributed by atoms with E-state index in [4.69, 9.17) is 9.47 Å². The van der Waals surface area contributed by atoms with E-state index >= 15 is 0 Å². The summed E-state index contributed by atoms with van der Waals surface area (Å²) in [6.07, 6.45) is 1.04. The van der Waals surface area contributed by atoms with Gasteiger partial charge in [-0.15, -0.1) is 11.3 Å². The smallest absolute Gasteiger partial charge is 0.0700 e. The largest absolute Gasteiger partial charge is 0.382 e. The Morgan fingerprint density at radius 1 is 1.28 bits per heavy atom. The van der Waals surface area contributed by atoms with Crippen molar-refractivity contribution >= 4 is 11.3 Å². The topological polar surface area (TPSA) is 30.5 Å². The third-order valence-electron chi connectivity index (χ3n) is 2.78. The van der Waals surface area contributed by atoms with Crippen molar-refractivity contribution in [1.82, 2.24) is 5.32 Å². The van der Waals surface area contributed by atoms with E-state index in [0.29, 0.717) is 25.2 Å². The highest BCUT2D eigenvalue weighted by molar-refractivity contribution is 7.10. The van der Waals surface area contributed by atoms with Gasteiger partial charge in [-0.1, -0.05) is 19.9 Å². The maximum Gasteiger partial charge on any atom is 0.0700 e. The summed E-state index contributed by atoms with van der Waals surface area (Å²) in [5.74, 6) is 0.609. The van der Waals surface area contributed by atoms with Crippen molar-refractivity contribution in [3.63, 3.8) is 0 Å². The molecule has 0 radical (unpaired) electrons. The van der Waals surface area contributed by atoms with Crippen LogP contribution in [-0.2, 0) is 9.47 Å². The highest BCUT2D eigenvalue weighted by atomic mass is 32.1. The van der Waals surface area contributed by atoms with E-state index in [1.54, 1.807) is 7.11 Å². The SMILES string of the molecule is COCCOCCCNC(c1cccs1)C(C)C. The van der Waals surface area contributed by atoms with Crippen LogP contribution >= 0.6 is 11.3 Å². The fourth-order valence-electron chi connectivity index (χ4n) is 1.81. The van der Waals surface area contributed by atoms with E-state index in [2.05, 4.69) is 36.7 Å². The van der Waals surface area contributed by atoms with Gasteiger partial charge in [-0.3, -0.25) is 0 Å². The average molecular weight is 271 g/mol. The third kappa shape index (κ3) is 5.96. The van der Waals surface area contributed by atoms with E-state index in [1.807, 2.05) is 11.3 Å². The molecule has 1 rings (SSSR count). The van der Waals surface area contributed by atoms with E-state index in [-0.39, 0.29) is 0 Å². The van der Waals surface area contributed by atoms with Gasteiger partial charge in [0.25, 0.3) is 0 Å². The van der Waals surface area contributed by atoms with Crippen LogP contribution in [0.4, 0.5) is 0 Å². The fraction of sp³-hybridized carbons (Fsp3) is 0.714. The van der Waals surface area contributed by atoms with Crippen molar-refractivity contribution in [2.75, 3.05) is 33.5 Å². The van der Waals surface area contributed by atoms with Crippen LogP contribution in [0.15, 0.2) is 17.5 Å². The standard InChI is InChI=1S/C14H25NO2S/c1-12(2)14(13-6-4-11-18-13)15-7-5-8-17-10-9-16-3/h4,6,11-12,14-15H,5,7-10H2,1-3H3. The number of hydrogen-bond donors (Lipinski definition) is 1. The van der Waals surface area contributed by atoms with Gasteiger partial charge in [0.05, 0.1) is 13.2 Å². The zero-order valence-electron chi connectivity index (χ0n) is 11.6. The van der Waals surface area contributed by atoms with Crippen molar-refractivity contribution in [3.8, 4) is 0 Å². The molecule has 0 saturated heterocycles. The number of nitrogens with one attached hydrogen (secondary N) is 1. The lowest BCUT2D eigenvalue weighted by Crippen LogP contribution is -2.26. The van der Waals surface area contributed by atoms with E-state index in [1.165, 1.54) is 4.88 Å². The van der Waals surface area contributed by atoms with Crippen molar-refractivity contribution in [2.24, 2.45) is 5.92 Å². The molecule has 4 heteroatoms. The molecule has 1 N–H and O–H groups in total. The third-order valence-corrected chi connectivity index (χ3v) is 3.73. The highest BCUT2D eigenvalue weighted by Gasteiger charge is 2.15. The molecular weight excluding hydrogens is 246 g/mol. The van der Waals surface area contributed by atoms with Gasteiger partial charge in [0.1, 0.15) is 0 Å². The van der Waals surface area contributed by atoms with Crippen LogP contribution in [0.25, 0.3) is 0 Å². The van der Waals surface area contributed by atoms with Crippen molar-refractivity contribution in [1.29, 1.82) is 0 Å². The molecule has 0 spiro atoms. The van der Waals surface area contributed by atoms with E-state index in [9.17, 15) is 0 Å². The first-order valence-corrected chi connectivity index (χ1v) is 7.47. The van der Waals surface area contributed by atoms with Crippen LogP contribution in [0.2, 0.25) is 0 Å². The molecule has 0 aliphatic carbocycles. The summed E-state index contributed by atoms with van der Waals surface area (Å²) in [7, 11) is 1.69. The second kappa shape index (κ2) is 9.50. The monoisotopic (exact) mass is 271 g/mol. The van der Waals surface area contributed by atoms with Crippen LogP contribution in [0, 0.1) is 5.92 Å². The quantitative estimate of drug-likeness (QED) is 0.663. The Balaban J connectivity index is 2.15. The van der Waals surface area contributed by atoms with Gasteiger partial charge >= 0.3 is 0 Å². The van der Waals surface area contributed by atoms with Gasteiger partial charge in [0.2, 0.25) is 0 Å². The molecule has 3 nitrogen and oxygen atoms in total. The number of ether oxygens (including phenoxy) is 2. The number of rotatable bonds is 10. The zero-order valence-corrected chi connectivity index (χ0v) is 12.5. The zero-order chi connectivity index (χ0) is 13.2.